The molecule has 0 unspecified atom stereocenters. The summed E-state index contributed by atoms with van der Waals surface area (Å²) < 4.78 is 13.8. The standard InChI is InChI=1S/C29H31ClN4O2/c1-2-3-15-34-25(28(30)32-29(34)24-7-5-4-6-8-24)21-33(19-22-11-13-31-14-12-22)20-23-9-10-26-27(18-23)36-17-16-35-26/h4-14,18H,2-3,15-17,19-21H2,1H3. The molecule has 1 aliphatic rings. The summed E-state index contributed by atoms with van der Waals surface area (Å²) in [4.78, 5) is 11.4. The van der Waals surface area contributed by atoms with Crippen LogP contribution >= 0.6 is 11.6 Å². The van der Waals surface area contributed by atoms with Crippen molar-refractivity contribution >= 4 is 11.6 Å². The molecule has 0 aliphatic carbocycles. The van der Waals surface area contributed by atoms with Gasteiger partial charge in [-0.1, -0.05) is 61.3 Å². The van der Waals surface area contributed by atoms with Gasteiger partial charge in [0.15, 0.2) is 16.7 Å². The summed E-state index contributed by atoms with van der Waals surface area (Å²) in [5.41, 5.74) is 4.47. The Morgan fingerprint density at radius 2 is 1.64 bits per heavy atom. The minimum Gasteiger partial charge on any atom is -0.486 e. The molecule has 0 spiro atoms. The Hall–Kier alpha value is -3.35. The van der Waals surface area contributed by atoms with E-state index in [1.807, 2.05) is 36.7 Å². The summed E-state index contributed by atoms with van der Waals surface area (Å²) >= 11 is 6.82. The maximum atomic E-state index is 6.82. The van der Waals surface area contributed by atoms with E-state index in [4.69, 9.17) is 26.1 Å². The van der Waals surface area contributed by atoms with E-state index in [0.717, 1.165) is 66.6 Å². The first-order chi connectivity index (χ1) is 17.7. The number of hydrogen-bond acceptors (Lipinski definition) is 5. The van der Waals surface area contributed by atoms with Crippen molar-refractivity contribution in [3.05, 3.63) is 95.0 Å². The molecule has 186 valence electrons. The van der Waals surface area contributed by atoms with E-state index in [9.17, 15) is 0 Å². The second-order valence-electron chi connectivity index (χ2n) is 9.02. The van der Waals surface area contributed by atoms with E-state index in [2.05, 4.69) is 57.8 Å². The molecule has 2 aromatic heterocycles. The van der Waals surface area contributed by atoms with Gasteiger partial charge in [-0.2, -0.15) is 0 Å². The van der Waals surface area contributed by atoms with Crippen molar-refractivity contribution in [3.63, 3.8) is 0 Å². The maximum absolute atomic E-state index is 6.82. The minimum atomic E-state index is 0.562. The van der Waals surface area contributed by atoms with Crippen molar-refractivity contribution in [2.45, 2.75) is 45.9 Å². The Balaban J connectivity index is 1.47. The van der Waals surface area contributed by atoms with Crippen LogP contribution in [0.25, 0.3) is 11.4 Å². The number of unbranched alkanes of at least 4 members (excludes halogenated alkanes) is 1. The van der Waals surface area contributed by atoms with E-state index < -0.39 is 0 Å². The molecular weight excluding hydrogens is 472 g/mol. The van der Waals surface area contributed by atoms with Crippen LogP contribution in [0.1, 0.15) is 36.6 Å². The van der Waals surface area contributed by atoms with Gasteiger partial charge in [0.25, 0.3) is 0 Å². The molecule has 5 rings (SSSR count). The lowest BCUT2D eigenvalue weighted by molar-refractivity contribution is 0.170. The number of fused-ring (bicyclic) bond motifs is 1. The van der Waals surface area contributed by atoms with Gasteiger partial charge in [-0.3, -0.25) is 9.88 Å². The molecule has 1 aliphatic heterocycles. The van der Waals surface area contributed by atoms with Crippen LogP contribution in [-0.4, -0.2) is 32.6 Å². The molecular formula is C29H31ClN4O2. The van der Waals surface area contributed by atoms with Gasteiger partial charge in [-0.15, -0.1) is 0 Å². The third kappa shape index (κ3) is 5.72. The Kier molecular flexibility index (Phi) is 7.84. The van der Waals surface area contributed by atoms with Crippen molar-refractivity contribution in [2.75, 3.05) is 13.2 Å². The number of rotatable bonds is 10. The smallest absolute Gasteiger partial charge is 0.161 e. The third-order valence-corrected chi connectivity index (χ3v) is 6.64. The van der Waals surface area contributed by atoms with E-state index >= 15 is 0 Å². The van der Waals surface area contributed by atoms with Crippen LogP contribution in [0.4, 0.5) is 0 Å². The number of hydrogen-bond donors (Lipinski definition) is 0. The normalized spacial score (nSPS) is 12.8. The predicted octanol–water partition coefficient (Wildman–Crippen LogP) is 6.37. The van der Waals surface area contributed by atoms with Crippen molar-refractivity contribution < 1.29 is 9.47 Å². The first-order valence-electron chi connectivity index (χ1n) is 12.5. The zero-order valence-electron chi connectivity index (χ0n) is 20.6. The van der Waals surface area contributed by atoms with Crippen LogP contribution in [0.15, 0.2) is 73.1 Å². The summed E-state index contributed by atoms with van der Waals surface area (Å²) in [6, 6.07) is 20.6. The Morgan fingerprint density at radius 1 is 0.889 bits per heavy atom. The van der Waals surface area contributed by atoms with Gasteiger partial charge in [0.05, 0.1) is 5.69 Å². The van der Waals surface area contributed by atoms with Gasteiger partial charge in [0.1, 0.15) is 19.0 Å². The second-order valence-corrected chi connectivity index (χ2v) is 9.38. The number of nitrogens with zero attached hydrogens (tertiary/aromatic N) is 4. The largest absolute Gasteiger partial charge is 0.486 e. The summed E-state index contributed by atoms with van der Waals surface area (Å²) in [5, 5.41) is 0.562. The van der Waals surface area contributed by atoms with E-state index in [1.54, 1.807) is 0 Å². The van der Waals surface area contributed by atoms with E-state index in [1.165, 1.54) is 5.56 Å². The van der Waals surface area contributed by atoms with Gasteiger partial charge < -0.3 is 14.0 Å². The van der Waals surface area contributed by atoms with Crippen molar-refractivity contribution in [1.29, 1.82) is 0 Å². The summed E-state index contributed by atoms with van der Waals surface area (Å²) in [7, 11) is 0. The third-order valence-electron chi connectivity index (χ3n) is 6.33. The van der Waals surface area contributed by atoms with Gasteiger partial charge >= 0.3 is 0 Å². The van der Waals surface area contributed by atoms with Gasteiger partial charge in [0, 0.05) is 44.1 Å². The van der Waals surface area contributed by atoms with E-state index in [-0.39, 0.29) is 0 Å². The fourth-order valence-electron chi connectivity index (χ4n) is 4.54. The molecule has 4 aromatic rings. The molecule has 7 heteroatoms. The highest BCUT2D eigenvalue weighted by molar-refractivity contribution is 6.30. The number of halogens is 1. The minimum absolute atomic E-state index is 0.562. The number of pyridine rings is 1. The summed E-state index contributed by atoms with van der Waals surface area (Å²) in [6.45, 7) is 6.40. The molecule has 0 radical (unpaired) electrons. The molecule has 2 aromatic carbocycles. The Morgan fingerprint density at radius 3 is 2.42 bits per heavy atom. The van der Waals surface area contributed by atoms with Crippen LogP contribution in [0.5, 0.6) is 11.5 Å². The molecule has 0 atom stereocenters. The highest BCUT2D eigenvalue weighted by Crippen LogP contribution is 2.32. The molecule has 0 saturated carbocycles. The molecule has 0 saturated heterocycles. The average Bonchev–Trinajstić information content (AvgIpc) is 3.23. The fraction of sp³-hybridized carbons (Fsp3) is 0.310. The maximum Gasteiger partial charge on any atom is 0.161 e. The van der Waals surface area contributed by atoms with Crippen molar-refractivity contribution in [1.82, 2.24) is 19.4 Å². The number of imidazole rings is 1. The van der Waals surface area contributed by atoms with E-state index in [0.29, 0.717) is 24.9 Å². The highest BCUT2D eigenvalue weighted by atomic mass is 35.5. The lowest BCUT2D eigenvalue weighted by atomic mass is 10.1. The summed E-state index contributed by atoms with van der Waals surface area (Å²) in [5.74, 6) is 2.53. The molecule has 3 heterocycles. The number of benzene rings is 2. The topological polar surface area (TPSA) is 52.4 Å². The number of ether oxygens (including phenoxy) is 2. The highest BCUT2D eigenvalue weighted by Gasteiger charge is 2.21. The quantitative estimate of drug-likeness (QED) is 0.252. The van der Waals surface area contributed by atoms with Crippen LogP contribution in [0, 0.1) is 0 Å². The van der Waals surface area contributed by atoms with Crippen LogP contribution in [0.3, 0.4) is 0 Å². The predicted molar refractivity (Wildman–Crippen MR) is 142 cm³/mol. The first-order valence-corrected chi connectivity index (χ1v) is 12.9. The zero-order valence-corrected chi connectivity index (χ0v) is 21.3. The van der Waals surface area contributed by atoms with Crippen LogP contribution < -0.4 is 9.47 Å². The Labute approximate surface area is 217 Å². The van der Waals surface area contributed by atoms with Crippen LogP contribution in [-0.2, 0) is 26.2 Å². The lowest BCUT2D eigenvalue weighted by Crippen LogP contribution is -2.24. The Bertz CT molecular complexity index is 1280. The van der Waals surface area contributed by atoms with Gasteiger partial charge in [-0.25, -0.2) is 4.98 Å². The molecule has 0 bridgehead atoms. The fourth-order valence-corrected chi connectivity index (χ4v) is 4.78. The average molecular weight is 503 g/mol. The molecule has 0 amide bonds. The molecule has 0 fully saturated rings. The van der Waals surface area contributed by atoms with Crippen molar-refractivity contribution in [3.8, 4) is 22.9 Å². The first kappa shape index (κ1) is 24.3. The molecule has 0 N–H and O–H groups in total. The monoisotopic (exact) mass is 502 g/mol. The van der Waals surface area contributed by atoms with Crippen LogP contribution in [0.2, 0.25) is 5.15 Å². The molecule has 36 heavy (non-hydrogen) atoms. The van der Waals surface area contributed by atoms with Gasteiger partial charge in [-0.05, 0) is 41.8 Å². The second kappa shape index (κ2) is 11.6. The van der Waals surface area contributed by atoms with Crippen molar-refractivity contribution in [2.24, 2.45) is 0 Å². The van der Waals surface area contributed by atoms with Gasteiger partial charge in [0.2, 0.25) is 0 Å². The number of aromatic nitrogens is 3. The zero-order chi connectivity index (χ0) is 24.7. The SMILES string of the molecule is CCCCn1c(-c2ccccc2)nc(Cl)c1CN(Cc1ccncc1)Cc1ccc2c(c1)OCCO2. The lowest BCUT2D eigenvalue weighted by Gasteiger charge is -2.25. The molecule has 6 nitrogen and oxygen atoms in total. The summed E-state index contributed by atoms with van der Waals surface area (Å²) in [6.07, 6.45) is 5.83.